The van der Waals surface area contributed by atoms with Crippen LogP contribution in [0.1, 0.15) is 34.6 Å². The lowest BCUT2D eigenvalue weighted by Gasteiger charge is -2.07. The van der Waals surface area contributed by atoms with Crippen molar-refractivity contribution in [3.05, 3.63) is 68.4 Å². The molecule has 0 saturated carbocycles. The van der Waals surface area contributed by atoms with Gasteiger partial charge in [-0.3, -0.25) is 14.6 Å². The molecular formula is C20H21F2N5O2. The SMILES string of the molecule is Cc1nn(-c2nc(C)c(C)c(=O)[nH]2)c(C)c1CCC(=O)Nc1ccc(F)c(F)c1. The van der Waals surface area contributed by atoms with E-state index >= 15 is 0 Å². The zero-order chi connectivity index (χ0) is 21.3. The number of amides is 1. The monoisotopic (exact) mass is 401 g/mol. The Morgan fingerprint density at radius 3 is 2.52 bits per heavy atom. The van der Waals surface area contributed by atoms with Gasteiger partial charge < -0.3 is 5.32 Å². The number of nitrogens with one attached hydrogen (secondary N) is 2. The molecule has 2 N–H and O–H groups in total. The average molecular weight is 401 g/mol. The molecule has 2 heterocycles. The predicted octanol–water partition coefficient (Wildman–Crippen LogP) is 3.04. The Balaban J connectivity index is 1.76. The lowest BCUT2D eigenvalue weighted by Crippen LogP contribution is -2.18. The van der Waals surface area contributed by atoms with E-state index in [1.165, 1.54) is 6.07 Å². The maximum Gasteiger partial charge on any atom is 0.255 e. The summed E-state index contributed by atoms with van der Waals surface area (Å²) in [7, 11) is 0. The summed E-state index contributed by atoms with van der Waals surface area (Å²) in [6.45, 7) is 7.09. The fraction of sp³-hybridized carbons (Fsp3) is 0.300. The van der Waals surface area contributed by atoms with Crippen molar-refractivity contribution in [2.75, 3.05) is 5.32 Å². The molecule has 0 unspecified atom stereocenters. The third-order valence-electron chi connectivity index (χ3n) is 4.83. The van der Waals surface area contributed by atoms with Crippen molar-refractivity contribution < 1.29 is 13.6 Å². The number of carbonyl (C=O) groups excluding carboxylic acids is 1. The summed E-state index contributed by atoms with van der Waals surface area (Å²) in [5.41, 5.74) is 3.44. The van der Waals surface area contributed by atoms with Crippen LogP contribution in [0.15, 0.2) is 23.0 Å². The predicted molar refractivity (Wildman–Crippen MR) is 104 cm³/mol. The molecule has 152 valence electrons. The van der Waals surface area contributed by atoms with Crippen LogP contribution in [-0.4, -0.2) is 25.7 Å². The number of anilines is 1. The van der Waals surface area contributed by atoms with E-state index in [4.69, 9.17) is 0 Å². The molecular weight excluding hydrogens is 380 g/mol. The number of carbonyl (C=O) groups is 1. The highest BCUT2D eigenvalue weighted by Crippen LogP contribution is 2.19. The molecule has 9 heteroatoms. The molecule has 1 aromatic carbocycles. The number of benzene rings is 1. The van der Waals surface area contributed by atoms with E-state index in [9.17, 15) is 18.4 Å². The van der Waals surface area contributed by atoms with E-state index in [1.807, 2.05) is 13.8 Å². The summed E-state index contributed by atoms with van der Waals surface area (Å²) < 4.78 is 27.8. The minimum absolute atomic E-state index is 0.128. The Labute approximate surface area is 165 Å². The van der Waals surface area contributed by atoms with Gasteiger partial charge in [-0.25, -0.2) is 18.4 Å². The summed E-state index contributed by atoms with van der Waals surface area (Å²) in [5.74, 6) is -2.01. The summed E-state index contributed by atoms with van der Waals surface area (Å²) in [4.78, 5) is 31.3. The molecule has 0 bridgehead atoms. The molecule has 0 atom stereocenters. The van der Waals surface area contributed by atoms with E-state index in [0.717, 1.165) is 23.4 Å². The number of hydrogen-bond acceptors (Lipinski definition) is 4. The van der Waals surface area contributed by atoms with Crippen molar-refractivity contribution in [2.24, 2.45) is 0 Å². The van der Waals surface area contributed by atoms with E-state index in [0.29, 0.717) is 29.3 Å². The molecule has 0 aliphatic rings. The van der Waals surface area contributed by atoms with Crippen LogP contribution in [0.5, 0.6) is 0 Å². The van der Waals surface area contributed by atoms with Crippen molar-refractivity contribution in [3.63, 3.8) is 0 Å². The van der Waals surface area contributed by atoms with Crippen molar-refractivity contribution >= 4 is 11.6 Å². The van der Waals surface area contributed by atoms with Crippen LogP contribution >= 0.6 is 0 Å². The van der Waals surface area contributed by atoms with Crippen LogP contribution in [0.2, 0.25) is 0 Å². The number of halogens is 2. The van der Waals surface area contributed by atoms with Gasteiger partial charge in [0, 0.05) is 35.1 Å². The van der Waals surface area contributed by atoms with Gasteiger partial charge in [-0.2, -0.15) is 5.10 Å². The lowest BCUT2D eigenvalue weighted by atomic mass is 10.1. The van der Waals surface area contributed by atoms with Crippen LogP contribution in [0, 0.1) is 39.3 Å². The minimum Gasteiger partial charge on any atom is -0.326 e. The summed E-state index contributed by atoms with van der Waals surface area (Å²) in [6.07, 6.45) is 0.519. The molecule has 2 aromatic heterocycles. The van der Waals surface area contributed by atoms with Crippen LogP contribution in [0.3, 0.4) is 0 Å². The number of nitrogens with zero attached hydrogens (tertiary/aromatic N) is 3. The van der Waals surface area contributed by atoms with Crippen molar-refractivity contribution in [1.82, 2.24) is 19.7 Å². The fourth-order valence-corrected chi connectivity index (χ4v) is 3.01. The molecule has 29 heavy (non-hydrogen) atoms. The number of aryl methyl sites for hydroxylation is 2. The molecule has 1 amide bonds. The molecule has 3 rings (SSSR count). The van der Waals surface area contributed by atoms with Crippen LogP contribution in [-0.2, 0) is 11.2 Å². The van der Waals surface area contributed by atoms with E-state index < -0.39 is 11.6 Å². The zero-order valence-corrected chi connectivity index (χ0v) is 16.6. The van der Waals surface area contributed by atoms with Crippen molar-refractivity contribution in [3.8, 4) is 5.95 Å². The van der Waals surface area contributed by atoms with E-state index in [1.54, 1.807) is 18.5 Å². The molecule has 0 spiro atoms. The normalized spacial score (nSPS) is 11.0. The Bertz CT molecular complexity index is 1150. The molecule has 0 aliphatic carbocycles. The maximum atomic E-state index is 13.3. The summed E-state index contributed by atoms with van der Waals surface area (Å²) >= 11 is 0. The Morgan fingerprint density at radius 1 is 1.14 bits per heavy atom. The molecule has 0 fully saturated rings. The van der Waals surface area contributed by atoms with Crippen LogP contribution in [0.4, 0.5) is 14.5 Å². The van der Waals surface area contributed by atoms with Gasteiger partial charge in [0.25, 0.3) is 5.56 Å². The topological polar surface area (TPSA) is 92.7 Å². The quantitative estimate of drug-likeness (QED) is 0.687. The van der Waals surface area contributed by atoms with E-state index in [-0.39, 0.29) is 23.6 Å². The minimum atomic E-state index is -1.02. The second-order valence-corrected chi connectivity index (χ2v) is 6.84. The van der Waals surface area contributed by atoms with Crippen LogP contribution in [0.25, 0.3) is 5.95 Å². The first-order chi connectivity index (χ1) is 13.7. The molecule has 7 nitrogen and oxygen atoms in total. The second kappa shape index (κ2) is 7.94. The van der Waals surface area contributed by atoms with Gasteiger partial charge in [0.1, 0.15) is 0 Å². The van der Waals surface area contributed by atoms with Gasteiger partial charge in [0.05, 0.1) is 5.69 Å². The van der Waals surface area contributed by atoms with Crippen LogP contribution < -0.4 is 10.9 Å². The smallest absolute Gasteiger partial charge is 0.255 e. The fourth-order valence-electron chi connectivity index (χ4n) is 3.01. The highest BCUT2D eigenvalue weighted by Gasteiger charge is 2.16. The van der Waals surface area contributed by atoms with Crippen molar-refractivity contribution in [1.29, 1.82) is 0 Å². The standard InChI is InChI=1S/C20H21F2N5O2/c1-10-11(2)23-20(25-19(10)29)27-13(4)15(12(3)26-27)6-8-18(28)24-14-5-7-16(21)17(22)9-14/h5,7,9H,6,8H2,1-4H3,(H,24,28)(H,23,25,29). The van der Waals surface area contributed by atoms with Gasteiger partial charge in [0.15, 0.2) is 11.6 Å². The first-order valence-electron chi connectivity index (χ1n) is 9.05. The van der Waals surface area contributed by atoms with Gasteiger partial charge in [0.2, 0.25) is 11.9 Å². The zero-order valence-electron chi connectivity index (χ0n) is 16.6. The summed E-state index contributed by atoms with van der Waals surface area (Å²) in [5, 5.41) is 6.98. The number of rotatable bonds is 5. The third kappa shape index (κ3) is 4.23. The molecule has 0 radical (unpaired) electrons. The average Bonchev–Trinajstić information content (AvgIpc) is 2.94. The maximum absolute atomic E-state index is 13.3. The second-order valence-electron chi connectivity index (χ2n) is 6.84. The Hall–Kier alpha value is -3.36. The highest BCUT2D eigenvalue weighted by atomic mass is 19.2. The first kappa shape index (κ1) is 20.4. The Kier molecular flexibility index (Phi) is 5.58. The number of aromatic nitrogens is 4. The largest absolute Gasteiger partial charge is 0.326 e. The van der Waals surface area contributed by atoms with E-state index in [2.05, 4.69) is 20.4 Å². The van der Waals surface area contributed by atoms with Gasteiger partial charge in [-0.15, -0.1) is 0 Å². The Morgan fingerprint density at radius 2 is 1.86 bits per heavy atom. The highest BCUT2D eigenvalue weighted by molar-refractivity contribution is 5.90. The molecule has 0 aliphatic heterocycles. The van der Waals surface area contributed by atoms with Gasteiger partial charge >= 0.3 is 0 Å². The number of H-pyrrole nitrogens is 1. The number of aromatic amines is 1. The molecule has 0 saturated heterocycles. The van der Waals surface area contributed by atoms with Gasteiger partial charge in [-0.1, -0.05) is 0 Å². The third-order valence-corrected chi connectivity index (χ3v) is 4.83. The summed E-state index contributed by atoms with van der Waals surface area (Å²) in [6, 6.07) is 3.19. The number of hydrogen-bond donors (Lipinski definition) is 2. The van der Waals surface area contributed by atoms with Gasteiger partial charge in [-0.05, 0) is 51.8 Å². The van der Waals surface area contributed by atoms with Crippen molar-refractivity contribution in [2.45, 2.75) is 40.5 Å². The molecule has 3 aromatic rings. The lowest BCUT2D eigenvalue weighted by molar-refractivity contribution is -0.116. The first-order valence-corrected chi connectivity index (χ1v) is 9.05.